The van der Waals surface area contributed by atoms with Gasteiger partial charge < -0.3 is 14.0 Å². The van der Waals surface area contributed by atoms with E-state index >= 15 is 0 Å². The Balaban J connectivity index is 2.21. The Morgan fingerprint density at radius 2 is 2.04 bits per heavy atom. The second-order valence-corrected chi connectivity index (χ2v) is 6.07. The van der Waals surface area contributed by atoms with E-state index in [2.05, 4.69) is 9.97 Å². The fourth-order valence-corrected chi connectivity index (χ4v) is 1.94. The lowest BCUT2D eigenvalue weighted by molar-refractivity contribution is -0.148. The third-order valence-corrected chi connectivity index (χ3v) is 2.87. The number of esters is 1. The van der Waals surface area contributed by atoms with E-state index in [1.54, 1.807) is 31.8 Å². The van der Waals surface area contributed by atoms with E-state index in [1.165, 1.54) is 6.08 Å². The summed E-state index contributed by atoms with van der Waals surface area (Å²) in [5.74, 6) is 0.230. The van der Waals surface area contributed by atoms with Gasteiger partial charge in [0, 0.05) is 18.3 Å². The van der Waals surface area contributed by atoms with Crippen LogP contribution in [0.25, 0.3) is 11.8 Å². The molecule has 0 N–H and O–H groups in total. The molecule has 0 saturated heterocycles. The van der Waals surface area contributed by atoms with Gasteiger partial charge in [-0.3, -0.25) is 4.98 Å². The normalized spacial score (nSPS) is 11.7. The molecule has 0 amide bonds. The topological polar surface area (TPSA) is 66.2 Å². The number of imidazole rings is 1. The Hall–Kier alpha value is -2.63. The molecule has 2 aromatic heterocycles. The zero-order valence-electron chi connectivity index (χ0n) is 14.0. The zero-order valence-corrected chi connectivity index (χ0v) is 14.0. The van der Waals surface area contributed by atoms with Gasteiger partial charge in [0.05, 0.1) is 31.0 Å². The van der Waals surface area contributed by atoms with Crippen LogP contribution in [0.1, 0.15) is 32.2 Å². The molecule has 0 spiro atoms. The molecule has 0 bridgehead atoms. The largest absolute Gasteiger partial charge is 0.494 e. The van der Waals surface area contributed by atoms with E-state index in [-0.39, 0.29) is 0 Å². The third kappa shape index (κ3) is 4.67. The zero-order chi connectivity index (χ0) is 17.0. The molecule has 0 saturated carbocycles. The molecule has 122 valence electrons. The molecule has 6 heteroatoms. The minimum Gasteiger partial charge on any atom is -0.494 e. The van der Waals surface area contributed by atoms with Crippen LogP contribution in [0.2, 0.25) is 0 Å². The first kappa shape index (κ1) is 16.7. The van der Waals surface area contributed by atoms with Crippen molar-refractivity contribution in [1.82, 2.24) is 14.5 Å². The molecule has 0 aliphatic carbocycles. The summed E-state index contributed by atoms with van der Waals surface area (Å²) in [5.41, 5.74) is 1.77. The molecule has 0 aromatic carbocycles. The molecule has 23 heavy (non-hydrogen) atoms. The molecule has 2 heterocycles. The molecule has 0 aliphatic rings. The average molecular weight is 315 g/mol. The van der Waals surface area contributed by atoms with E-state index in [9.17, 15) is 4.79 Å². The maximum absolute atomic E-state index is 11.7. The van der Waals surface area contributed by atoms with Gasteiger partial charge in [0.25, 0.3) is 0 Å². The first-order chi connectivity index (χ1) is 10.8. The molecule has 0 unspecified atom stereocenters. The number of carbonyl (C=O) groups excluding carboxylic acids is 1. The number of nitrogens with zero attached hydrogens (tertiary/aromatic N) is 3. The molecule has 0 radical (unpaired) electrons. The smallest absolute Gasteiger partial charge is 0.331 e. The highest BCUT2D eigenvalue weighted by molar-refractivity contribution is 5.87. The number of hydrogen-bond donors (Lipinski definition) is 0. The van der Waals surface area contributed by atoms with Gasteiger partial charge in [0.1, 0.15) is 17.0 Å². The van der Waals surface area contributed by atoms with Gasteiger partial charge in [-0.15, -0.1) is 0 Å². The molecule has 2 rings (SSSR count). The number of hydrogen-bond acceptors (Lipinski definition) is 5. The van der Waals surface area contributed by atoms with E-state index < -0.39 is 11.6 Å². The summed E-state index contributed by atoms with van der Waals surface area (Å²) >= 11 is 0. The van der Waals surface area contributed by atoms with Crippen molar-refractivity contribution >= 4 is 12.0 Å². The molecular weight excluding hydrogens is 294 g/mol. The summed E-state index contributed by atoms with van der Waals surface area (Å²) in [6.07, 6.45) is 8.21. The number of rotatable bonds is 4. The van der Waals surface area contributed by atoms with Crippen LogP contribution in [0.4, 0.5) is 0 Å². The number of aromatic nitrogens is 3. The minimum absolute atomic E-state index is 0.410. The predicted octanol–water partition coefficient (Wildman–Crippen LogP) is 2.94. The van der Waals surface area contributed by atoms with Gasteiger partial charge >= 0.3 is 5.97 Å². The van der Waals surface area contributed by atoms with E-state index in [0.29, 0.717) is 11.4 Å². The fraction of sp³-hybridized carbons (Fsp3) is 0.353. The quantitative estimate of drug-likeness (QED) is 0.641. The summed E-state index contributed by atoms with van der Waals surface area (Å²) in [6.45, 7) is 7.38. The fourth-order valence-electron chi connectivity index (χ4n) is 1.94. The van der Waals surface area contributed by atoms with Crippen molar-refractivity contribution in [3.63, 3.8) is 0 Å². The number of aryl methyl sites for hydroxylation is 1. The van der Waals surface area contributed by atoms with Crippen molar-refractivity contribution in [3.8, 4) is 11.4 Å². The summed E-state index contributed by atoms with van der Waals surface area (Å²) in [5, 5.41) is 0. The Kier molecular flexibility index (Phi) is 4.83. The lowest BCUT2D eigenvalue weighted by atomic mass is 10.2. The Morgan fingerprint density at radius 3 is 2.61 bits per heavy atom. The summed E-state index contributed by atoms with van der Waals surface area (Å²) < 4.78 is 12.4. The number of pyridine rings is 1. The van der Waals surface area contributed by atoms with Gasteiger partial charge in [-0.05, 0) is 33.8 Å². The van der Waals surface area contributed by atoms with E-state index in [0.717, 1.165) is 11.4 Å². The third-order valence-electron chi connectivity index (χ3n) is 2.87. The van der Waals surface area contributed by atoms with Crippen molar-refractivity contribution in [3.05, 3.63) is 42.3 Å². The minimum atomic E-state index is -0.518. The summed E-state index contributed by atoms with van der Waals surface area (Å²) in [6, 6.07) is 1.76. The van der Waals surface area contributed by atoms with Crippen molar-refractivity contribution in [2.24, 2.45) is 0 Å². The summed E-state index contributed by atoms with van der Waals surface area (Å²) in [7, 11) is 1.59. The van der Waals surface area contributed by atoms with Gasteiger partial charge in [0.15, 0.2) is 0 Å². The van der Waals surface area contributed by atoms with Crippen molar-refractivity contribution < 1.29 is 14.3 Å². The Morgan fingerprint density at radius 1 is 1.30 bits per heavy atom. The van der Waals surface area contributed by atoms with Crippen LogP contribution in [-0.4, -0.2) is 33.2 Å². The van der Waals surface area contributed by atoms with Crippen molar-refractivity contribution in [1.29, 1.82) is 0 Å². The molecule has 0 atom stereocenters. The lowest BCUT2D eigenvalue weighted by Gasteiger charge is -2.17. The van der Waals surface area contributed by atoms with Crippen LogP contribution in [0.5, 0.6) is 5.75 Å². The SMILES string of the molecule is COc1cc(C=CC(=O)OC(C)(C)C)ncc1-n1cnc(C)c1. The van der Waals surface area contributed by atoms with Crippen LogP contribution >= 0.6 is 0 Å². The van der Waals surface area contributed by atoms with Gasteiger partial charge in [-0.2, -0.15) is 0 Å². The van der Waals surface area contributed by atoms with Crippen molar-refractivity contribution in [2.45, 2.75) is 33.3 Å². The average Bonchev–Trinajstić information content (AvgIpc) is 2.89. The van der Waals surface area contributed by atoms with E-state index in [4.69, 9.17) is 9.47 Å². The highest BCUT2D eigenvalue weighted by atomic mass is 16.6. The molecule has 0 fully saturated rings. The molecule has 0 aliphatic heterocycles. The first-order valence-electron chi connectivity index (χ1n) is 7.24. The monoisotopic (exact) mass is 315 g/mol. The first-order valence-corrected chi connectivity index (χ1v) is 7.24. The standard InChI is InChI=1S/C17H21N3O3/c1-12-10-20(11-19-12)14-9-18-13(8-15(14)22-5)6-7-16(21)23-17(2,3)4/h6-11H,1-5H3. The maximum atomic E-state index is 11.7. The van der Waals surface area contributed by atoms with Crippen molar-refractivity contribution in [2.75, 3.05) is 7.11 Å². The lowest BCUT2D eigenvalue weighted by Crippen LogP contribution is -2.22. The van der Waals surface area contributed by atoms with Gasteiger partial charge in [-0.1, -0.05) is 0 Å². The van der Waals surface area contributed by atoms with Gasteiger partial charge in [-0.25, -0.2) is 9.78 Å². The predicted molar refractivity (Wildman–Crippen MR) is 87.5 cm³/mol. The van der Waals surface area contributed by atoms with Crippen LogP contribution in [-0.2, 0) is 9.53 Å². The second-order valence-electron chi connectivity index (χ2n) is 6.07. The van der Waals surface area contributed by atoms with Crippen LogP contribution in [0.15, 0.2) is 30.9 Å². The molecule has 2 aromatic rings. The molecule has 6 nitrogen and oxygen atoms in total. The highest BCUT2D eigenvalue weighted by Crippen LogP contribution is 2.23. The Bertz CT molecular complexity index is 727. The van der Waals surface area contributed by atoms with Crippen LogP contribution in [0, 0.1) is 6.92 Å². The molecular formula is C17H21N3O3. The number of methoxy groups -OCH3 is 1. The highest BCUT2D eigenvalue weighted by Gasteiger charge is 2.14. The number of carbonyl (C=O) groups is 1. The van der Waals surface area contributed by atoms with Crippen LogP contribution in [0.3, 0.4) is 0 Å². The van der Waals surface area contributed by atoms with E-state index in [1.807, 2.05) is 38.5 Å². The van der Waals surface area contributed by atoms with Gasteiger partial charge in [0.2, 0.25) is 0 Å². The second kappa shape index (κ2) is 6.64. The summed E-state index contributed by atoms with van der Waals surface area (Å²) in [4.78, 5) is 20.2. The number of ether oxygens (including phenoxy) is 2. The maximum Gasteiger partial charge on any atom is 0.331 e. The van der Waals surface area contributed by atoms with Crippen LogP contribution < -0.4 is 4.74 Å². The Labute approximate surface area is 135 Å².